The molecule has 27 heavy (non-hydrogen) atoms. The smallest absolute Gasteiger partial charge is 0.263 e. The van der Waals surface area contributed by atoms with Crippen molar-refractivity contribution in [3.05, 3.63) is 82.4 Å². The molecule has 1 N–H and O–H groups in total. The highest BCUT2D eigenvalue weighted by atomic mass is 16.1. The lowest BCUT2D eigenvalue weighted by atomic mass is 10.1. The minimum absolute atomic E-state index is 0.0271. The Hall–Kier alpha value is -3.47. The van der Waals surface area contributed by atoms with Crippen LogP contribution in [0.4, 0.5) is 5.69 Å². The summed E-state index contributed by atoms with van der Waals surface area (Å²) in [5, 5.41) is 5.79. The minimum Gasteiger partial charge on any atom is -0.367 e. The van der Waals surface area contributed by atoms with Gasteiger partial charge in [0.25, 0.3) is 5.56 Å². The Morgan fingerprint density at radius 3 is 2.52 bits per heavy atom. The Balaban J connectivity index is 1.74. The van der Waals surface area contributed by atoms with Gasteiger partial charge in [0.15, 0.2) is 5.78 Å². The van der Waals surface area contributed by atoms with E-state index in [0.717, 1.165) is 16.5 Å². The summed E-state index contributed by atoms with van der Waals surface area (Å²) < 4.78 is 1.63. The second-order valence-corrected chi connectivity index (χ2v) is 6.54. The van der Waals surface area contributed by atoms with Gasteiger partial charge in [-0.3, -0.25) is 14.2 Å². The summed E-state index contributed by atoms with van der Waals surface area (Å²) in [6.07, 6.45) is 0. The topological polar surface area (TPSA) is 64.0 Å². The van der Waals surface area contributed by atoms with E-state index in [-0.39, 0.29) is 11.3 Å². The first kappa shape index (κ1) is 17.0. The van der Waals surface area contributed by atoms with Gasteiger partial charge in [-0.1, -0.05) is 30.3 Å². The van der Waals surface area contributed by atoms with Crippen molar-refractivity contribution in [2.45, 2.75) is 20.5 Å². The number of carbonyl (C=O) groups is 1. The average molecular weight is 357 g/mol. The molecular weight excluding hydrogens is 338 g/mol. The molecule has 0 spiro atoms. The van der Waals surface area contributed by atoms with Gasteiger partial charge in [0.05, 0.1) is 17.6 Å². The van der Waals surface area contributed by atoms with E-state index in [0.29, 0.717) is 29.0 Å². The van der Waals surface area contributed by atoms with Crippen LogP contribution in [-0.2, 0) is 6.67 Å². The van der Waals surface area contributed by atoms with E-state index in [2.05, 4.69) is 10.3 Å². The number of Topliss-reactive ketones (excluding diaryl/α,β-unsaturated/α-hetero) is 1. The molecule has 0 unspecified atom stereocenters. The number of ketones is 1. The first-order valence-electron chi connectivity index (χ1n) is 8.78. The molecule has 0 saturated carbocycles. The highest BCUT2D eigenvalue weighted by molar-refractivity contribution is 6.05. The van der Waals surface area contributed by atoms with Crippen LogP contribution < -0.4 is 10.9 Å². The Morgan fingerprint density at radius 1 is 1.04 bits per heavy atom. The molecule has 4 rings (SSSR count). The van der Waals surface area contributed by atoms with Crippen LogP contribution in [0.15, 0.2) is 65.5 Å². The van der Waals surface area contributed by atoms with Gasteiger partial charge < -0.3 is 5.32 Å². The number of rotatable bonds is 4. The molecule has 5 heteroatoms. The molecule has 3 aromatic carbocycles. The summed E-state index contributed by atoms with van der Waals surface area (Å²) in [5.41, 5.74) is 2.14. The highest BCUT2D eigenvalue weighted by Gasteiger charge is 2.11. The van der Waals surface area contributed by atoms with Gasteiger partial charge in [0, 0.05) is 11.3 Å². The number of fused-ring (bicyclic) bond motifs is 3. The highest BCUT2D eigenvalue weighted by Crippen LogP contribution is 2.21. The molecule has 0 radical (unpaired) electrons. The fourth-order valence-corrected chi connectivity index (χ4v) is 3.27. The van der Waals surface area contributed by atoms with Crippen LogP contribution in [-0.4, -0.2) is 15.3 Å². The maximum Gasteiger partial charge on any atom is 0.263 e. The molecule has 1 aromatic heterocycles. The predicted octanol–water partition coefficient (Wildman–Crippen LogP) is 4.13. The summed E-state index contributed by atoms with van der Waals surface area (Å²) in [4.78, 5) is 29.2. The van der Waals surface area contributed by atoms with E-state index < -0.39 is 0 Å². The molecule has 134 valence electrons. The van der Waals surface area contributed by atoms with Gasteiger partial charge >= 0.3 is 0 Å². The monoisotopic (exact) mass is 357 g/mol. The first-order valence-corrected chi connectivity index (χ1v) is 8.78. The van der Waals surface area contributed by atoms with Crippen molar-refractivity contribution in [3.8, 4) is 0 Å². The number of nitrogens with zero attached hydrogens (tertiary/aromatic N) is 2. The zero-order valence-electron chi connectivity index (χ0n) is 15.2. The van der Waals surface area contributed by atoms with Crippen LogP contribution in [0.2, 0.25) is 0 Å². The molecule has 0 atom stereocenters. The number of hydrogen-bond donors (Lipinski definition) is 1. The predicted molar refractivity (Wildman–Crippen MR) is 108 cm³/mol. The standard InChI is InChI=1S/C22H19N3O2/c1-14(26)16-7-10-18(11-8-16)23-13-25-15(2)24-20-12-9-17-5-3-4-6-19(17)21(20)22(25)27/h3-12,23H,13H2,1-2H3. The molecule has 0 saturated heterocycles. The summed E-state index contributed by atoms with van der Waals surface area (Å²) in [6.45, 7) is 3.67. The second kappa shape index (κ2) is 6.68. The van der Waals surface area contributed by atoms with Crippen molar-refractivity contribution in [3.63, 3.8) is 0 Å². The van der Waals surface area contributed by atoms with Crippen molar-refractivity contribution in [2.75, 3.05) is 5.32 Å². The third-order valence-corrected chi connectivity index (χ3v) is 4.77. The van der Waals surface area contributed by atoms with Crippen LogP contribution in [0.5, 0.6) is 0 Å². The second-order valence-electron chi connectivity index (χ2n) is 6.54. The number of hydrogen-bond acceptors (Lipinski definition) is 4. The van der Waals surface area contributed by atoms with Crippen LogP contribution in [0.25, 0.3) is 21.7 Å². The average Bonchev–Trinajstić information content (AvgIpc) is 2.67. The van der Waals surface area contributed by atoms with Crippen LogP contribution in [0.3, 0.4) is 0 Å². The fourth-order valence-electron chi connectivity index (χ4n) is 3.27. The summed E-state index contributed by atoms with van der Waals surface area (Å²) in [5.74, 6) is 0.676. The van der Waals surface area contributed by atoms with Crippen molar-refractivity contribution < 1.29 is 4.79 Å². The number of aryl methyl sites for hydroxylation is 1. The van der Waals surface area contributed by atoms with Crippen LogP contribution in [0.1, 0.15) is 23.1 Å². The van der Waals surface area contributed by atoms with E-state index in [1.807, 2.05) is 55.5 Å². The maximum absolute atomic E-state index is 13.2. The third kappa shape index (κ3) is 3.08. The molecule has 0 amide bonds. The molecular formula is C22H19N3O2. The first-order chi connectivity index (χ1) is 13.0. The maximum atomic E-state index is 13.2. The number of carbonyl (C=O) groups excluding carboxylic acids is 1. The van der Waals surface area contributed by atoms with E-state index >= 15 is 0 Å². The quantitative estimate of drug-likeness (QED) is 0.441. The van der Waals surface area contributed by atoms with Crippen molar-refractivity contribution in [1.29, 1.82) is 0 Å². The lowest BCUT2D eigenvalue weighted by Crippen LogP contribution is -2.27. The lowest BCUT2D eigenvalue weighted by Gasteiger charge is -2.14. The van der Waals surface area contributed by atoms with Gasteiger partial charge in [-0.05, 0) is 55.0 Å². The van der Waals surface area contributed by atoms with Gasteiger partial charge in [0.1, 0.15) is 5.82 Å². The lowest BCUT2D eigenvalue weighted by molar-refractivity contribution is 0.101. The van der Waals surface area contributed by atoms with Gasteiger partial charge in [0.2, 0.25) is 0 Å². The largest absolute Gasteiger partial charge is 0.367 e. The zero-order valence-corrected chi connectivity index (χ0v) is 15.2. The Labute approximate surface area is 156 Å². The molecule has 0 aliphatic rings. The number of anilines is 1. The van der Waals surface area contributed by atoms with Crippen molar-refractivity contribution >= 4 is 33.1 Å². The molecule has 0 fully saturated rings. The summed E-state index contributed by atoms with van der Waals surface area (Å²) in [6, 6.07) is 18.9. The van der Waals surface area contributed by atoms with E-state index in [9.17, 15) is 9.59 Å². The van der Waals surface area contributed by atoms with Crippen LogP contribution >= 0.6 is 0 Å². The molecule has 4 aromatic rings. The number of aromatic nitrogens is 2. The third-order valence-electron chi connectivity index (χ3n) is 4.77. The van der Waals surface area contributed by atoms with E-state index in [4.69, 9.17) is 0 Å². The van der Waals surface area contributed by atoms with Crippen molar-refractivity contribution in [1.82, 2.24) is 9.55 Å². The summed E-state index contributed by atoms with van der Waals surface area (Å²) >= 11 is 0. The Bertz CT molecular complexity index is 1220. The molecule has 0 bridgehead atoms. The fraction of sp³-hybridized carbons (Fsp3) is 0.136. The van der Waals surface area contributed by atoms with Gasteiger partial charge in [-0.2, -0.15) is 0 Å². The van der Waals surface area contributed by atoms with E-state index in [1.54, 1.807) is 16.7 Å². The van der Waals surface area contributed by atoms with Crippen LogP contribution in [0, 0.1) is 6.92 Å². The Kier molecular flexibility index (Phi) is 4.20. The van der Waals surface area contributed by atoms with Gasteiger partial charge in [-0.25, -0.2) is 4.98 Å². The zero-order chi connectivity index (χ0) is 19.0. The number of nitrogens with one attached hydrogen (secondary N) is 1. The number of benzene rings is 3. The molecule has 0 aliphatic heterocycles. The SMILES string of the molecule is CC(=O)c1ccc(NCn2c(C)nc3ccc4ccccc4c3c2=O)cc1. The van der Waals surface area contributed by atoms with Gasteiger partial charge in [-0.15, -0.1) is 0 Å². The molecule has 0 aliphatic carbocycles. The normalized spacial score (nSPS) is 11.0. The molecule has 1 heterocycles. The Morgan fingerprint density at radius 2 is 1.78 bits per heavy atom. The van der Waals surface area contributed by atoms with Crippen molar-refractivity contribution in [2.24, 2.45) is 0 Å². The minimum atomic E-state index is -0.0674. The summed E-state index contributed by atoms with van der Waals surface area (Å²) in [7, 11) is 0. The van der Waals surface area contributed by atoms with E-state index in [1.165, 1.54) is 6.92 Å². The molecule has 5 nitrogen and oxygen atoms in total.